The first-order chi connectivity index (χ1) is 7.41. The molecule has 0 atom stereocenters. The van der Waals surface area contributed by atoms with Gasteiger partial charge in [0, 0.05) is 17.7 Å². The van der Waals surface area contributed by atoms with Gasteiger partial charge in [0.1, 0.15) is 0 Å². The Labute approximate surface area is 97.3 Å². The normalized spacial score (nSPS) is 13.1. The molecule has 0 fully saturated rings. The highest BCUT2D eigenvalue weighted by Gasteiger charge is 2.14. The second-order valence-corrected chi connectivity index (χ2v) is 5.14. The molecular weight excluding hydrogens is 200 g/mol. The molecule has 1 aromatic rings. The number of nitrogens with two attached hydrogens (primary N) is 1. The average molecular weight is 222 g/mol. The molecule has 90 valence electrons. The summed E-state index contributed by atoms with van der Waals surface area (Å²) in [5, 5.41) is 6.92. The van der Waals surface area contributed by atoms with Gasteiger partial charge in [0.2, 0.25) is 0 Å². The highest BCUT2D eigenvalue weighted by molar-refractivity contribution is 5.85. The van der Waals surface area contributed by atoms with Gasteiger partial charge < -0.3 is 5.73 Å². The molecule has 0 saturated heterocycles. The fourth-order valence-electron chi connectivity index (χ4n) is 1.33. The zero-order valence-corrected chi connectivity index (χ0v) is 10.7. The Bertz CT molecular complexity index is 357. The summed E-state index contributed by atoms with van der Waals surface area (Å²) in [5.74, 6) is 0.733. The van der Waals surface area contributed by atoms with Gasteiger partial charge in [-0.1, -0.05) is 20.8 Å². The Kier molecular flexibility index (Phi) is 4.10. The SMILES string of the molecule is Cc1[nH]ncc1CCCN=C(N)C(C)(C)C. The molecule has 4 nitrogen and oxygen atoms in total. The molecule has 0 aliphatic carbocycles. The van der Waals surface area contributed by atoms with Crippen LogP contribution in [0.4, 0.5) is 0 Å². The second kappa shape index (κ2) is 5.14. The van der Waals surface area contributed by atoms with Gasteiger partial charge in [-0.3, -0.25) is 10.1 Å². The molecule has 0 spiro atoms. The molecule has 16 heavy (non-hydrogen) atoms. The minimum absolute atomic E-state index is 0.0223. The Morgan fingerprint density at radius 1 is 1.50 bits per heavy atom. The summed E-state index contributed by atoms with van der Waals surface area (Å²) in [6.07, 6.45) is 3.90. The summed E-state index contributed by atoms with van der Waals surface area (Å²) in [6, 6.07) is 0. The van der Waals surface area contributed by atoms with Gasteiger partial charge in [-0.2, -0.15) is 5.10 Å². The molecule has 4 heteroatoms. The van der Waals surface area contributed by atoms with Gasteiger partial charge >= 0.3 is 0 Å². The van der Waals surface area contributed by atoms with Crippen LogP contribution in [0.5, 0.6) is 0 Å². The number of amidine groups is 1. The van der Waals surface area contributed by atoms with E-state index in [1.807, 2.05) is 13.1 Å². The van der Waals surface area contributed by atoms with E-state index in [4.69, 9.17) is 5.73 Å². The van der Waals surface area contributed by atoms with Crippen molar-refractivity contribution >= 4 is 5.84 Å². The smallest absolute Gasteiger partial charge is 0.0991 e. The van der Waals surface area contributed by atoms with E-state index in [-0.39, 0.29) is 5.41 Å². The largest absolute Gasteiger partial charge is 0.387 e. The van der Waals surface area contributed by atoms with Crippen molar-refractivity contribution in [2.45, 2.75) is 40.5 Å². The minimum atomic E-state index is -0.0223. The van der Waals surface area contributed by atoms with Crippen LogP contribution in [0.15, 0.2) is 11.2 Å². The third kappa shape index (κ3) is 3.68. The predicted molar refractivity (Wildman–Crippen MR) is 67.6 cm³/mol. The van der Waals surface area contributed by atoms with Gasteiger partial charge in [-0.05, 0) is 25.3 Å². The number of nitrogens with one attached hydrogen (secondary N) is 1. The standard InChI is InChI=1S/C12H22N4/c1-9-10(8-15-16-9)6-5-7-14-11(13)12(2,3)4/h8H,5-7H2,1-4H3,(H2,13,14)(H,15,16). The Hall–Kier alpha value is -1.32. The number of nitrogens with zero attached hydrogens (tertiary/aromatic N) is 2. The predicted octanol–water partition coefficient (Wildman–Crippen LogP) is 2.05. The number of aryl methyl sites for hydroxylation is 2. The van der Waals surface area contributed by atoms with Gasteiger partial charge in [0.25, 0.3) is 0 Å². The molecule has 0 aliphatic heterocycles. The van der Waals surface area contributed by atoms with Crippen LogP contribution in [0, 0.1) is 12.3 Å². The van der Waals surface area contributed by atoms with Crippen LogP contribution in [0.1, 0.15) is 38.4 Å². The van der Waals surface area contributed by atoms with E-state index in [9.17, 15) is 0 Å². The monoisotopic (exact) mass is 222 g/mol. The molecule has 0 saturated carbocycles. The highest BCUT2D eigenvalue weighted by Crippen LogP contribution is 2.13. The molecule has 0 unspecified atom stereocenters. The number of hydrogen-bond acceptors (Lipinski definition) is 2. The maximum Gasteiger partial charge on any atom is 0.0991 e. The third-order valence-corrected chi connectivity index (χ3v) is 2.59. The van der Waals surface area contributed by atoms with E-state index in [1.54, 1.807) is 0 Å². The summed E-state index contributed by atoms with van der Waals surface area (Å²) in [4.78, 5) is 4.39. The molecule has 0 radical (unpaired) electrons. The summed E-state index contributed by atoms with van der Waals surface area (Å²) in [5.41, 5.74) is 8.26. The lowest BCUT2D eigenvalue weighted by atomic mass is 9.95. The summed E-state index contributed by atoms with van der Waals surface area (Å²) < 4.78 is 0. The van der Waals surface area contributed by atoms with Crippen LogP contribution in [0.2, 0.25) is 0 Å². The zero-order valence-electron chi connectivity index (χ0n) is 10.7. The third-order valence-electron chi connectivity index (χ3n) is 2.59. The Morgan fingerprint density at radius 2 is 2.19 bits per heavy atom. The number of H-pyrrole nitrogens is 1. The molecular formula is C12H22N4. The molecule has 1 heterocycles. The van der Waals surface area contributed by atoms with Crippen molar-refractivity contribution in [1.82, 2.24) is 10.2 Å². The number of aliphatic imine (C=N–C) groups is 1. The van der Waals surface area contributed by atoms with Crippen molar-refractivity contribution in [1.29, 1.82) is 0 Å². The van der Waals surface area contributed by atoms with Crippen LogP contribution >= 0.6 is 0 Å². The highest BCUT2D eigenvalue weighted by atomic mass is 15.1. The van der Waals surface area contributed by atoms with E-state index in [2.05, 4.69) is 36.0 Å². The molecule has 1 aromatic heterocycles. The molecule has 0 aromatic carbocycles. The molecule has 0 bridgehead atoms. The van der Waals surface area contributed by atoms with Crippen molar-refractivity contribution in [3.8, 4) is 0 Å². The first kappa shape index (κ1) is 12.7. The van der Waals surface area contributed by atoms with Crippen LogP contribution in [-0.2, 0) is 6.42 Å². The molecule has 0 aliphatic rings. The fraction of sp³-hybridized carbons (Fsp3) is 0.667. The minimum Gasteiger partial charge on any atom is -0.387 e. The van der Waals surface area contributed by atoms with Crippen molar-refractivity contribution in [2.75, 3.05) is 6.54 Å². The second-order valence-electron chi connectivity index (χ2n) is 5.14. The summed E-state index contributed by atoms with van der Waals surface area (Å²) in [6.45, 7) is 9.05. The van der Waals surface area contributed by atoms with E-state index in [0.717, 1.165) is 30.9 Å². The van der Waals surface area contributed by atoms with Gasteiger partial charge in [0.05, 0.1) is 12.0 Å². The van der Waals surface area contributed by atoms with Crippen LogP contribution in [0.25, 0.3) is 0 Å². The number of aromatic nitrogens is 2. The topological polar surface area (TPSA) is 67.1 Å². The molecule has 3 N–H and O–H groups in total. The number of hydrogen-bond donors (Lipinski definition) is 2. The lowest BCUT2D eigenvalue weighted by molar-refractivity contribution is 0.580. The Morgan fingerprint density at radius 3 is 2.69 bits per heavy atom. The van der Waals surface area contributed by atoms with Gasteiger partial charge in [-0.25, -0.2) is 0 Å². The molecule has 0 amide bonds. The van der Waals surface area contributed by atoms with E-state index in [1.165, 1.54) is 5.56 Å². The van der Waals surface area contributed by atoms with E-state index < -0.39 is 0 Å². The van der Waals surface area contributed by atoms with Crippen molar-refractivity contribution in [2.24, 2.45) is 16.1 Å². The summed E-state index contributed by atoms with van der Waals surface area (Å²) in [7, 11) is 0. The quantitative estimate of drug-likeness (QED) is 0.465. The maximum atomic E-state index is 5.87. The lowest BCUT2D eigenvalue weighted by Gasteiger charge is -2.17. The number of rotatable bonds is 4. The van der Waals surface area contributed by atoms with Crippen LogP contribution < -0.4 is 5.73 Å². The summed E-state index contributed by atoms with van der Waals surface area (Å²) >= 11 is 0. The van der Waals surface area contributed by atoms with Crippen molar-refractivity contribution < 1.29 is 0 Å². The van der Waals surface area contributed by atoms with E-state index >= 15 is 0 Å². The zero-order chi connectivity index (χ0) is 12.2. The average Bonchev–Trinajstić information content (AvgIpc) is 2.57. The maximum absolute atomic E-state index is 5.87. The lowest BCUT2D eigenvalue weighted by Crippen LogP contribution is -2.29. The molecule has 1 rings (SSSR count). The van der Waals surface area contributed by atoms with Gasteiger partial charge in [-0.15, -0.1) is 0 Å². The van der Waals surface area contributed by atoms with Crippen molar-refractivity contribution in [3.63, 3.8) is 0 Å². The van der Waals surface area contributed by atoms with Crippen LogP contribution in [0.3, 0.4) is 0 Å². The van der Waals surface area contributed by atoms with Crippen molar-refractivity contribution in [3.05, 3.63) is 17.5 Å². The van der Waals surface area contributed by atoms with Crippen LogP contribution in [-0.4, -0.2) is 22.6 Å². The fourth-order valence-corrected chi connectivity index (χ4v) is 1.33. The number of aromatic amines is 1. The Balaban J connectivity index is 2.35. The van der Waals surface area contributed by atoms with E-state index in [0.29, 0.717) is 0 Å². The first-order valence-electron chi connectivity index (χ1n) is 5.70. The van der Waals surface area contributed by atoms with Gasteiger partial charge in [0.15, 0.2) is 0 Å². The first-order valence-corrected chi connectivity index (χ1v) is 5.70.